The van der Waals surface area contributed by atoms with E-state index < -0.39 is 0 Å². The molecule has 0 spiro atoms. The third-order valence-electron chi connectivity index (χ3n) is 5.33. The Hall–Kier alpha value is -3.09. The normalized spacial score (nSPS) is 14.1. The highest BCUT2D eigenvalue weighted by Gasteiger charge is 2.18. The van der Waals surface area contributed by atoms with Gasteiger partial charge in [0.25, 0.3) is 0 Å². The average molecular weight is 424 g/mol. The van der Waals surface area contributed by atoms with Gasteiger partial charge >= 0.3 is 0 Å². The van der Waals surface area contributed by atoms with Crippen LogP contribution in [0, 0.1) is 13.8 Å². The number of carbonyl (C=O) groups is 1. The van der Waals surface area contributed by atoms with E-state index in [9.17, 15) is 4.79 Å². The van der Waals surface area contributed by atoms with Gasteiger partial charge in [0.15, 0.2) is 5.96 Å². The Bertz CT molecular complexity index is 913. The number of hydrogen-bond acceptors (Lipinski definition) is 4. The Kier molecular flexibility index (Phi) is 8.27. The Morgan fingerprint density at radius 3 is 2.81 bits per heavy atom. The number of pyridine rings is 1. The van der Waals surface area contributed by atoms with Crippen LogP contribution in [0.4, 0.5) is 0 Å². The molecule has 2 aromatic rings. The van der Waals surface area contributed by atoms with Gasteiger partial charge in [0.1, 0.15) is 5.75 Å². The van der Waals surface area contributed by atoms with Crippen LogP contribution in [0.1, 0.15) is 42.9 Å². The van der Waals surface area contributed by atoms with Gasteiger partial charge in [-0.15, -0.1) is 0 Å². The number of carbonyl (C=O) groups excluding carboxylic acids is 1. The minimum Gasteiger partial charge on any atom is -0.439 e. The first-order valence-corrected chi connectivity index (χ1v) is 11.0. The lowest BCUT2D eigenvalue weighted by molar-refractivity contribution is -0.127. The Labute approximate surface area is 184 Å². The summed E-state index contributed by atoms with van der Waals surface area (Å²) in [5.74, 6) is 2.38. The fourth-order valence-corrected chi connectivity index (χ4v) is 3.43. The highest BCUT2D eigenvalue weighted by Crippen LogP contribution is 2.22. The van der Waals surface area contributed by atoms with Gasteiger partial charge in [-0.25, -0.2) is 9.98 Å². The van der Waals surface area contributed by atoms with Crippen LogP contribution in [-0.4, -0.2) is 47.9 Å². The van der Waals surface area contributed by atoms with E-state index in [0.29, 0.717) is 18.8 Å². The number of nitrogens with zero attached hydrogens (tertiary/aromatic N) is 3. The predicted molar refractivity (Wildman–Crippen MR) is 123 cm³/mol. The largest absolute Gasteiger partial charge is 0.439 e. The number of amides is 1. The number of aliphatic imine (C=N–C) groups is 1. The third kappa shape index (κ3) is 6.98. The molecular formula is C24H33N5O2. The molecule has 1 saturated heterocycles. The zero-order valence-corrected chi connectivity index (χ0v) is 18.8. The number of aromatic nitrogens is 1. The van der Waals surface area contributed by atoms with E-state index in [1.54, 1.807) is 6.20 Å². The summed E-state index contributed by atoms with van der Waals surface area (Å²) >= 11 is 0. The van der Waals surface area contributed by atoms with E-state index >= 15 is 0 Å². The van der Waals surface area contributed by atoms with Crippen molar-refractivity contribution in [3.05, 3.63) is 53.2 Å². The summed E-state index contributed by atoms with van der Waals surface area (Å²) in [6, 6.07) is 9.88. The summed E-state index contributed by atoms with van der Waals surface area (Å²) in [6.45, 7) is 9.96. The first-order valence-electron chi connectivity index (χ1n) is 11.0. The van der Waals surface area contributed by atoms with E-state index in [1.165, 1.54) is 11.1 Å². The lowest BCUT2D eigenvalue weighted by Crippen LogP contribution is -2.39. The minimum atomic E-state index is 0.275. The standard InChI is InChI=1S/C24H33N5O2/c1-4-25-24(27-11-6-14-29-13-5-7-23(29)30)28-17-20-10-12-26-22(16-20)31-21-9-8-18(2)19(3)15-21/h8-10,12,15-16H,4-7,11,13-14,17H2,1-3H3,(H2,25,27,28). The maximum atomic E-state index is 11.7. The van der Waals surface area contributed by atoms with Crippen LogP contribution in [0.15, 0.2) is 41.5 Å². The van der Waals surface area contributed by atoms with Crippen LogP contribution in [0.25, 0.3) is 0 Å². The number of guanidine groups is 1. The topological polar surface area (TPSA) is 78.9 Å². The second-order valence-corrected chi connectivity index (χ2v) is 7.81. The Balaban J connectivity index is 1.52. The SMILES string of the molecule is CCNC(=NCc1ccnc(Oc2ccc(C)c(C)c2)c1)NCCCN1CCCC1=O. The van der Waals surface area contributed by atoms with E-state index in [0.717, 1.165) is 56.3 Å². The molecule has 1 fully saturated rings. The summed E-state index contributed by atoms with van der Waals surface area (Å²) in [4.78, 5) is 22.6. The molecule has 0 aliphatic carbocycles. The summed E-state index contributed by atoms with van der Waals surface area (Å²) in [5.41, 5.74) is 3.45. The van der Waals surface area contributed by atoms with Crippen molar-refractivity contribution in [2.45, 2.75) is 46.6 Å². The average Bonchev–Trinajstić information content (AvgIpc) is 3.17. The molecule has 1 aliphatic rings. The molecule has 0 radical (unpaired) electrons. The predicted octanol–water partition coefficient (Wildman–Crippen LogP) is 3.56. The van der Waals surface area contributed by atoms with Crippen LogP contribution in [0.2, 0.25) is 0 Å². The van der Waals surface area contributed by atoms with Gasteiger partial charge in [-0.1, -0.05) is 6.07 Å². The zero-order chi connectivity index (χ0) is 22.1. The molecular weight excluding hydrogens is 390 g/mol. The molecule has 0 bridgehead atoms. The lowest BCUT2D eigenvalue weighted by Gasteiger charge is -2.16. The smallest absolute Gasteiger partial charge is 0.222 e. The Morgan fingerprint density at radius 2 is 2.06 bits per heavy atom. The van der Waals surface area contributed by atoms with Crippen LogP contribution in [0.3, 0.4) is 0 Å². The molecule has 166 valence electrons. The van der Waals surface area contributed by atoms with Crippen LogP contribution in [-0.2, 0) is 11.3 Å². The fraction of sp³-hybridized carbons (Fsp3) is 0.458. The van der Waals surface area contributed by atoms with Crippen molar-refractivity contribution in [1.82, 2.24) is 20.5 Å². The van der Waals surface area contributed by atoms with Crippen LogP contribution < -0.4 is 15.4 Å². The van der Waals surface area contributed by atoms with Crippen LogP contribution >= 0.6 is 0 Å². The number of aryl methyl sites for hydroxylation is 2. The van der Waals surface area contributed by atoms with E-state index in [1.807, 2.05) is 42.2 Å². The van der Waals surface area contributed by atoms with Gasteiger partial charge in [-0.3, -0.25) is 4.79 Å². The second kappa shape index (κ2) is 11.3. The third-order valence-corrected chi connectivity index (χ3v) is 5.33. The van der Waals surface area contributed by atoms with Crippen molar-refractivity contribution >= 4 is 11.9 Å². The van der Waals surface area contributed by atoms with E-state index in [-0.39, 0.29) is 5.91 Å². The van der Waals surface area contributed by atoms with Gasteiger partial charge in [-0.2, -0.15) is 0 Å². The molecule has 1 aromatic heterocycles. The number of rotatable bonds is 9. The highest BCUT2D eigenvalue weighted by molar-refractivity contribution is 5.79. The molecule has 1 aliphatic heterocycles. The molecule has 0 saturated carbocycles. The molecule has 7 nitrogen and oxygen atoms in total. The van der Waals surface area contributed by atoms with Gasteiger partial charge in [0.05, 0.1) is 6.54 Å². The molecule has 31 heavy (non-hydrogen) atoms. The van der Waals surface area contributed by atoms with Crippen molar-refractivity contribution in [2.75, 3.05) is 26.2 Å². The van der Waals surface area contributed by atoms with Crippen molar-refractivity contribution in [3.8, 4) is 11.6 Å². The minimum absolute atomic E-state index is 0.275. The molecule has 1 amide bonds. The quantitative estimate of drug-likeness (QED) is 0.366. The van der Waals surface area contributed by atoms with E-state index in [4.69, 9.17) is 4.74 Å². The number of hydrogen-bond donors (Lipinski definition) is 2. The number of nitrogens with one attached hydrogen (secondary N) is 2. The van der Waals surface area contributed by atoms with E-state index in [2.05, 4.69) is 34.5 Å². The maximum absolute atomic E-state index is 11.7. The zero-order valence-electron chi connectivity index (χ0n) is 18.8. The molecule has 1 aromatic carbocycles. The maximum Gasteiger partial charge on any atom is 0.222 e. The van der Waals surface area contributed by atoms with Crippen molar-refractivity contribution < 1.29 is 9.53 Å². The summed E-state index contributed by atoms with van der Waals surface area (Å²) in [6.07, 6.45) is 4.32. The highest BCUT2D eigenvalue weighted by atomic mass is 16.5. The van der Waals surface area contributed by atoms with Crippen molar-refractivity contribution in [1.29, 1.82) is 0 Å². The molecule has 0 unspecified atom stereocenters. The fourth-order valence-electron chi connectivity index (χ4n) is 3.43. The second-order valence-electron chi connectivity index (χ2n) is 7.81. The van der Waals surface area contributed by atoms with Gasteiger partial charge < -0.3 is 20.3 Å². The molecule has 2 N–H and O–H groups in total. The first kappa shape index (κ1) is 22.6. The summed E-state index contributed by atoms with van der Waals surface area (Å²) in [5, 5.41) is 6.62. The number of likely N-dealkylation sites (tertiary alicyclic amines) is 1. The molecule has 0 atom stereocenters. The Morgan fingerprint density at radius 1 is 1.19 bits per heavy atom. The monoisotopic (exact) mass is 423 g/mol. The lowest BCUT2D eigenvalue weighted by atomic mass is 10.1. The van der Waals surface area contributed by atoms with Crippen molar-refractivity contribution in [3.63, 3.8) is 0 Å². The van der Waals surface area contributed by atoms with Gasteiger partial charge in [0, 0.05) is 44.9 Å². The number of ether oxygens (including phenoxy) is 1. The van der Waals surface area contributed by atoms with Crippen LogP contribution in [0.5, 0.6) is 11.6 Å². The first-order chi connectivity index (χ1) is 15.0. The van der Waals surface area contributed by atoms with Crippen molar-refractivity contribution in [2.24, 2.45) is 4.99 Å². The van der Waals surface area contributed by atoms with Gasteiger partial charge in [-0.05, 0) is 68.5 Å². The van der Waals surface area contributed by atoms with Gasteiger partial charge in [0.2, 0.25) is 11.8 Å². The molecule has 3 rings (SSSR count). The molecule has 2 heterocycles. The number of benzene rings is 1. The summed E-state index contributed by atoms with van der Waals surface area (Å²) < 4.78 is 5.92. The summed E-state index contributed by atoms with van der Waals surface area (Å²) in [7, 11) is 0. The molecule has 7 heteroatoms.